The molecular weight excluding hydrogens is 251 g/mol. The van der Waals surface area contributed by atoms with Crippen molar-refractivity contribution in [2.75, 3.05) is 19.6 Å². The molecule has 0 aliphatic carbocycles. The van der Waals surface area contributed by atoms with Gasteiger partial charge in [-0.05, 0) is 68.6 Å². The molecule has 1 aliphatic rings. The number of benzene rings is 1. The van der Waals surface area contributed by atoms with Crippen molar-refractivity contribution in [3.63, 3.8) is 0 Å². The minimum atomic E-state index is -0.175. The van der Waals surface area contributed by atoms with Crippen LogP contribution in [0, 0.1) is 18.7 Å². The van der Waals surface area contributed by atoms with Crippen molar-refractivity contribution in [2.24, 2.45) is 11.7 Å². The predicted octanol–water partition coefficient (Wildman–Crippen LogP) is 2.96. The third kappa shape index (κ3) is 3.22. The Morgan fingerprint density at radius 3 is 2.67 bits per heavy atom. The van der Waals surface area contributed by atoms with E-state index in [0.29, 0.717) is 16.5 Å². The fourth-order valence-electron chi connectivity index (χ4n) is 2.43. The molecule has 0 radical (unpaired) electrons. The van der Waals surface area contributed by atoms with Gasteiger partial charge in [0.2, 0.25) is 0 Å². The maximum atomic E-state index is 13.5. The van der Waals surface area contributed by atoms with E-state index in [4.69, 9.17) is 17.3 Å². The van der Waals surface area contributed by atoms with Crippen molar-refractivity contribution < 1.29 is 4.39 Å². The normalized spacial score (nSPS) is 18.2. The van der Waals surface area contributed by atoms with Gasteiger partial charge in [-0.1, -0.05) is 11.6 Å². The molecule has 1 aromatic carbocycles. The SMILES string of the molecule is Cc1cc(Cl)c(CN2CCC(CN)CC2)cc1F. The van der Waals surface area contributed by atoms with E-state index in [1.165, 1.54) is 0 Å². The Morgan fingerprint density at radius 1 is 1.39 bits per heavy atom. The topological polar surface area (TPSA) is 29.3 Å². The van der Waals surface area contributed by atoms with E-state index >= 15 is 0 Å². The molecule has 0 bridgehead atoms. The molecule has 1 saturated heterocycles. The predicted molar refractivity (Wildman–Crippen MR) is 73.2 cm³/mol. The minimum absolute atomic E-state index is 0.175. The number of rotatable bonds is 3. The van der Waals surface area contributed by atoms with Crippen LogP contribution in [0.2, 0.25) is 5.02 Å². The molecule has 0 aromatic heterocycles. The summed E-state index contributed by atoms with van der Waals surface area (Å²) in [4.78, 5) is 2.32. The molecular formula is C14H20ClFN2. The second-order valence-electron chi connectivity index (χ2n) is 5.15. The average Bonchev–Trinajstić information content (AvgIpc) is 2.37. The van der Waals surface area contributed by atoms with E-state index in [9.17, 15) is 4.39 Å². The minimum Gasteiger partial charge on any atom is -0.330 e. The summed E-state index contributed by atoms with van der Waals surface area (Å²) in [5, 5.41) is 0.662. The Kier molecular flexibility index (Phi) is 4.60. The van der Waals surface area contributed by atoms with E-state index in [2.05, 4.69) is 4.90 Å². The van der Waals surface area contributed by atoms with E-state index in [-0.39, 0.29) is 5.82 Å². The van der Waals surface area contributed by atoms with Gasteiger partial charge in [0, 0.05) is 11.6 Å². The van der Waals surface area contributed by atoms with Crippen molar-refractivity contribution in [1.29, 1.82) is 0 Å². The molecule has 0 amide bonds. The van der Waals surface area contributed by atoms with Gasteiger partial charge in [0.1, 0.15) is 5.82 Å². The van der Waals surface area contributed by atoms with Gasteiger partial charge in [-0.25, -0.2) is 4.39 Å². The second kappa shape index (κ2) is 6.00. The van der Waals surface area contributed by atoms with Crippen molar-refractivity contribution >= 4 is 11.6 Å². The van der Waals surface area contributed by atoms with E-state index in [1.54, 1.807) is 19.1 Å². The molecule has 0 atom stereocenters. The zero-order valence-electron chi connectivity index (χ0n) is 10.8. The van der Waals surface area contributed by atoms with Crippen LogP contribution >= 0.6 is 11.6 Å². The lowest BCUT2D eigenvalue weighted by atomic mass is 9.97. The number of likely N-dealkylation sites (tertiary alicyclic amines) is 1. The molecule has 2 N–H and O–H groups in total. The first-order valence-electron chi connectivity index (χ1n) is 6.47. The third-order valence-electron chi connectivity index (χ3n) is 3.76. The van der Waals surface area contributed by atoms with Crippen LogP contribution in [0.5, 0.6) is 0 Å². The second-order valence-corrected chi connectivity index (χ2v) is 5.56. The lowest BCUT2D eigenvalue weighted by molar-refractivity contribution is 0.180. The Bertz CT molecular complexity index is 415. The number of piperidine rings is 1. The van der Waals surface area contributed by atoms with Crippen LogP contribution in [0.3, 0.4) is 0 Å². The van der Waals surface area contributed by atoms with Gasteiger partial charge in [-0.2, -0.15) is 0 Å². The standard InChI is InChI=1S/C14H20ClFN2/c1-10-6-13(15)12(7-14(10)16)9-18-4-2-11(8-17)3-5-18/h6-7,11H,2-5,8-9,17H2,1H3. The van der Waals surface area contributed by atoms with Crippen LogP contribution in [0.15, 0.2) is 12.1 Å². The Labute approximate surface area is 113 Å². The summed E-state index contributed by atoms with van der Waals surface area (Å²) < 4.78 is 13.5. The van der Waals surface area contributed by atoms with Crippen LogP contribution in [0.1, 0.15) is 24.0 Å². The van der Waals surface area contributed by atoms with Crippen molar-refractivity contribution in [2.45, 2.75) is 26.3 Å². The number of aryl methyl sites for hydroxylation is 1. The highest BCUT2D eigenvalue weighted by atomic mass is 35.5. The largest absolute Gasteiger partial charge is 0.330 e. The molecule has 0 saturated carbocycles. The monoisotopic (exact) mass is 270 g/mol. The fraction of sp³-hybridized carbons (Fsp3) is 0.571. The van der Waals surface area contributed by atoms with Gasteiger partial charge in [0.25, 0.3) is 0 Å². The zero-order chi connectivity index (χ0) is 13.1. The number of nitrogens with zero attached hydrogens (tertiary/aromatic N) is 1. The molecule has 18 heavy (non-hydrogen) atoms. The van der Waals surface area contributed by atoms with Crippen molar-refractivity contribution in [1.82, 2.24) is 4.90 Å². The molecule has 4 heteroatoms. The van der Waals surface area contributed by atoms with Gasteiger partial charge < -0.3 is 5.73 Å². The molecule has 2 rings (SSSR count). The summed E-state index contributed by atoms with van der Waals surface area (Å²) in [6.45, 7) is 5.28. The van der Waals surface area contributed by atoms with Crippen LogP contribution in [0.4, 0.5) is 4.39 Å². The Morgan fingerprint density at radius 2 is 2.06 bits per heavy atom. The highest BCUT2D eigenvalue weighted by Gasteiger charge is 2.19. The smallest absolute Gasteiger partial charge is 0.126 e. The average molecular weight is 271 g/mol. The molecule has 1 fully saturated rings. The molecule has 2 nitrogen and oxygen atoms in total. The highest BCUT2D eigenvalue weighted by molar-refractivity contribution is 6.31. The zero-order valence-corrected chi connectivity index (χ0v) is 11.5. The number of nitrogens with two attached hydrogens (primary N) is 1. The maximum absolute atomic E-state index is 13.5. The Balaban J connectivity index is 2.00. The fourth-order valence-corrected chi connectivity index (χ4v) is 2.71. The summed E-state index contributed by atoms with van der Waals surface area (Å²) in [5.41, 5.74) is 7.16. The maximum Gasteiger partial charge on any atom is 0.126 e. The Hall–Kier alpha value is -0.640. The number of hydrogen-bond donors (Lipinski definition) is 1. The van der Waals surface area contributed by atoms with Crippen molar-refractivity contribution in [3.05, 3.63) is 34.1 Å². The summed E-state index contributed by atoms with van der Waals surface area (Å²) in [6, 6.07) is 3.27. The third-order valence-corrected chi connectivity index (χ3v) is 4.11. The van der Waals surface area contributed by atoms with Crippen LogP contribution in [-0.2, 0) is 6.54 Å². The van der Waals surface area contributed by atoms with Crippen LogP contribution in [0.25, 0.3) is 0 Å². The van der Waals surface area contributed by atoms with Crippen LogP contribution < -0.4 is 5.73 Å². The first-order chi connectivity index (χ1) is 8.60. The molecule has 1 heterocycles. The lowest BCUT2D eigenvalue weighted by Crippen LogP contribution is -2.35. The molecule has 100 valence electrons. The van der Waals surface area contributed by atoms with Crippen molar-refractivity contribution in [3.8, 4) is 0 Å². The van der Waals surface area contributed by atoms with Gasteiger partial charge >= 0.3 is 0 Å². The quantitative estimate of drug-likeness (QED) is 0.915. The lowest BCUT2D eigenvalue weighted by Gasteiger charge is -2.31. The first kappa shape index (κ1) is 13.8. The number of hydrogen-bond acceptors (Lipinski definition) is 2. The van der Waals surface area contributed by atoms with Crippen LogP contribution in [-0.4, -0.2) is 24.5 Å². The molecule has 1 aromatic rings. The van der Waals surface area contributed by atoms with Gasteiger partial charge in [-0.3, -0.25) is 4.90 Å². The van der Waals surface area contributed by atoms with E-state index < -0.39 is 0 Å². The van der Waals surface area contributed by atoms with E-state index in [1.807, 2.05) is 0 Å². The first-order valence-corrected chi connectivity index (χ1v) is 6.85. The summed E-state index contributed by atoms with van der Waals surface area (Å²) in [7, 11) is 0. The van der Waals surface area contributed by atoms with E-state index in [0.717, 1.165) is 44.6 Å². The summed E-state index contributed by atoms with van der Waals surface area (Å²) >= 11 is 6.16. The number of halogens is 2. The van der Waals surface area contributed by atoms with Gasteiger partial charge in [0.15, 0.2) is 0 Å². The summed E-state index contributed by atoms with van der Waals surface area (Å²) in [6.07, 6.45) is 2.25. The molecule has 1 aliphatic heterocycles. The molecule has 0 spiro atoms. The highest BCUT2D eigenvalue weighted by Crippen LogP contribution is 2.24. The van der Waals surface area contributed by atoms with Gasteiger partial charge in [-0.15, -0.1) is 0 Å². The molecule has 0 unspecified atom stereocenters. The summed E-state index contributed by atoms with van der Waals surface area (Å²) in [5.74, 6) is 0.470. The van der Waals surface area contributed by atoms with Gasteiger partial charge in [0.05, 0.1) is 0 Å².